The van der Waals surface area contributed by atoms with Crippen molar-refractivity contribution < 1.29 is 9.72 Å². The van der Waals surface area contributed by atoms with E-state index in [-0.39, 0.29) is 17.8 Å². The maximum atomic E-state index is 12.3. The second-order valence-electron chi connectivity index (χ2n) is 5.55. The molecule has 2 rings (SSSR count). The Hall–Kier alpha value is -2.48. The van der Waals surface area contributed by atoms with Crippen molar-refractivity contribution in [3.05, 3.63) is 55.5 Å². The quantitative estimate of drug-likeness (QED) is 0.661. The van der Waals surface area contributed by atoms with Crippen molar-refractivity contribution in [3.8, 4) is 0 Å². The first-order valence-corrected chi connectivity index (χ1v) is 8.29. The van der Waals surface area contributed by atoms with E-state index in [9.17, 15) is 14.9 Å². The smallest absolute Gasteiger partial charge is 0.317 e. The van der Waals surface area contributed by atoms with Gasteiger partial charge in [-0.25, -0.2) is 9.78 Å². The molecule has 0 saturated carbocycles. The number of benzene rings is 1. The molecule has 1 heterocycles. The second-order valence-corrected chi connectivity index (χ2v) is 6.79. The highest BCUT2D eigenvalue weighted by Crippen LogP contribution is 2.28. The monoisotopic (exact) mass is 348 g/mol. The van der Waals surface area contributed by atoms with E-state index >= 15 is 0 Å². The maximum absolute atomic E-state index is 12.3. The lowest BCUT2D eigenvalue weighted by atomic mass is 10.2. The van der Waals surface area contributed by atoms with Gasteiger partial charge in [-0.05, 0) is 26.3 Å². The molecule has 0 radical (unpaired) electrons. The summed E-state index contributed by atoms with van der Waals surface area (Å²) < 4.78 is 0. The van der Waals surface area contributed by atoms with E-state index in [0.29, 0.717) is 6.54 Å². The number of aromatic nitrogens is 1. The van der Waals surface area contributed by atoms with Crippen LogP contribution in [0.1, 0.15) is 34.1 Å². The lowest BCUT2D eigenvalue weighted by Crippen LogP contribution is -2.38. The van der Waals surface area contributed by atoms with Crippen molar-refractivity contribution >= 4 is 23.1 Å². The third kappa shape index (κ3) is 4.08. The highest BCUT2D eigenvalue weighted by atomic mass is 32.1. The molecule has 0 aliphatic heterocycles. The Bertz CT molecular complexity index is 742. The third-order valence-electron chi connectivity index (χ3n) is 3.81. The number of hydrogen-bond donors (Lipinski definition) is 1. The van der Waals surface area contributed by atoms with Gasteiger partial charge in [-0.2, -0.15) is 0 Å². The van der Waals surface area contributed by atoms with Crippen LogP contribution in [0.15, 0.2) is 24.3 Å². The van der Waals surface area contributed by atoms with Gasteiger partial charge < -0.3 is 10.2 Å². The molecule has 0 bridgehead atoms. The summed E-state index contributed by atoms with van der Waals surface area (Å²) in [4.78, 5) is 29.6. The zero-order valence-corrected chi connectivity index (χ0v) is 14.9. The molecule has 2 aromatic rings. The predicted molar refractivity (Wildman–Crippen MR) is 93.1 cm³/mol. The Kier molecular flexibility index (Phi) is 5.50. The topological polar surface area (TPSA) is 88.4 Å². The third-order valence-corrected chi connectivity index (χ3v) is 5.05. The van der Waals surface area contributed by atoms with Crippen molar-refractivity contribution in [2.24, 2.45) is 0 Å². The second kappa shape index (κ2) is 7.39. The Morgan fingerprint density at radius 3 is 2.50 bits per heavy atom. The van der Waals surface area contributed by atoms with Crippen LogP contribution in [0.3, 0.4) is 0 Å². The lowest BCUT2D eigenvalue weighted by Gasteiger charge is -2.24. The summed E-state index contributed by atoms with van der Waals surface area (Å²) in [6.07, 6.45) is 0. The first kappa shape index (κ1) is 17.9. The minimum Gasteiger partial charge on any atom is -0.334 e. The molecule has 1 aromatic heterocycles. The summed E-state index contributed by atoms with van der Waals surface area (Å²) in [5.41, 5.74) is 1.78. The van der Waals surface area contributed by atoms with Crippen LogP contribution >= 0.6 is 11.3 Å². The van der Waals surface area contributed by atoms with E-state index in [2.05, 4.69) is 10.3 Å². The molecule has 1 unspecified atom stereocenters. The molecule has 0 aliphatic carbocycles. The van der Waals surface area contributed by atoms with Crippen LogP contribution in [-0.2, 0) is 6.54 Å². The Labute approximate surface area is 144 Å². The highest BCUT2D eigenvalue weighted by Gasteiger charge is 2.21. The van der Waals surface area contributed by atoms with Crippen LogP contribution in [0.2, 0.25) is 0 Å². The Morgan fingerprint density at radius 1 is 1.38 bits per heavy atom. The van der Waals surface area contributed by atoms with Crippen molar-refractivity contribution in [1.82, 2.24) is 15.2 Å². The Balaban J connectivity index is 1.96. The normalized spacial score (nSPS) is 11.8. The number of urea groups is 1. The fourth-order valence-electron chi connectivity index (χ4n) is 2.32. The number of carbonyl (C=O) groups is 1. The van der Waals surface area contributed by atoms with Gasteiger partial charge >= 0.3 is 6.03 Å². The molecule has 1 N–H and O–H groups in total. The van der Waals surface area contributed by atoms with Gasteiger partial charge in [0.25, 0.3) is 5.69 Å². The first-order chi connectivity index (χ1) is 11.3. The maximum Gasteiger partial charge on any atom is 0.317 e. The van der Waals surface area contributed by atoms with Gasteiger partial charge in [0.15, 0.2) is 0 Å². The van der Waals surface area contributed by atoms with Gasteiger partial charge in [-0.15, -0.1) is 11.3 Å². The van der Waals surface area contributed by atoms with E-state index in [1.165, 1.54) is 12.1 Å². The number of nitro groups is 1. The summed E-state index contributed by atoms with van der Waals surface area (Å²) in [5.74, 6) is 0. The minimum atomic E-state index is -0.447. The summed E-state index contributed by atoms with van der Waals surface area (Å²) in [7, 11) is 1.74. The number of nitro benzene ring substituents is 1. The Morgan fingerprint density at radius 2 is 2.00 bits per heavy atom. The lowest BCUT2D eigenvalue weighted by molar-refractivity contribution is -0.384. The molecule has 0 spiro atoms. The highest BCUT2D eigenvalue weighted by molar-refractivity contribution is 7.11. The average Bonchev–Trinajstić information content (AvgIpc) is 2.89. The molecular formula is C16H20N4O3S. The van der Waals surface area contributed by atoms with Crippen LogP contribution in [0.4, 0.5) is 10.5 Å². The molecule has 1 atom stereocenters. The van der Waals surface area contributed by atoms with Crippen LogP contribution < -0.4 is 5.32 Å². The van der Waals surface area contributed by atoms with Crippen molar-refractivity contribution in [2.75, 3.05) is 7.05 Å². The molecule has 0 saturated heterocycles. The number of nitrogens with one attached hydrogen (secondary N) is 1. The van der Waals surface area contributed by atoms with E-state index in [0.717, 1.165) is 21.1 Å². The average molecular weight is 348 g/mol. The molecule has 0 aliphatic rings. The molecular weight excluding hydrogens is 328 g/mol. The van der Waals surface area contributed by atoms with E-state index in [1.54, 1.807) is 35.4 Å². The zero-order valence-electron chi connectivity index (χ0n) is 14.1. The molecule has 7 nitrogen and oxygen atoms in total. The summed E-state index contributed by atoms with van der Waals surface area (Å²) in [6, 6.07) is 5.85. The molecule has 0 fully saturated rings. The van der Waals surface area contributed by atoms with E-state index < -0.39 is 4.92 Å². The number of non-ortho nitro benzene ring substituents is 1. The fourth-order valence-corrected chi connectivity index (χ4v) is 3.35. The number of thiazole rings is 1. The number of hydrogen-bond acceptors (Lipinski definition) is 5. The molecule has 24 heavy (non-hydrogen) atoms. The van der Waals surface area contributed by atoms with Gasteiger partial charge in [0.1, 0.15) is 0 Å². The number of aryl methyl sites for hydroxylation is 2. The van der Waals surface area contributed by atoms with Gasteiger partial charge in [-0.3, -0.25) is 10.1 Å². The number of amides is 2. The van der Waals surface area contributed by atoms with Crippen LogP contribution in [-0.4, -0.2) is 27.9 Å². The predicted octanol–water partition coefficient (Wildman–Crippen LogP) is 3.57. The van der Waals surface area contributed by atoms with Gasteiger partial charge in [0.05, 0.1) is 21.7 Å². The molecule has 128 valence electrons. The molecule has 1 aromatic carbocycles. The summed E-state index contributed by atoms with van der Waals surface area (Å²) in [5, 5.41) is 14.4. The largest absolute Gasteiger partial charge is 0.334 e. The number of rotatable bonds is 5. The number of carbonyl (C=O) groups excluding carboxylic acids is 1. The van der Waals surface area contributed by atoms with Gasteiger partial charge in [0.2, 0.25) is 0 Å². The van der Waals surface area contributed by atoms with Crippen molar-refractivity contribution in [2.45, 2.75) is 33.4 Å². The molecule has 8 heteroatoms. The number of nitrogens with zero attached hydrogens (tertiary/aromatic N) is 3. The van der Waals surface area contributed by atoms with E-state index in [4.69, 9.17) is 0 Å². The zero-order chi connectivity index (χ0) is 17.9. The van der Waals surface area contributed by atoms with Crippen molar-refractivity contribution in [3.63, 3.8) is 0 Å². The summed E-state index contributed by atoms with van der Waals surface area (Å²) in [6.45, 7) is 6.17. The van der Waals surface area contributed by atoms with Crippen LogP contribution in [0, 0.1) is 24.0 Å². The standard InChI is InChI=1S/C16H20N4O3S/c1-10-15(24-12(3)18-10)11(2)19(4)16(21)17-9-13-5-7-14(8-6-13)20(22)23/h5-8,11H,9H2,1-4H3,(H,17,21). The summed E-state index contributed by atoms with van der Waals surface area (Å²) >= 11 is 1.59. The fraction of sp³-hybridized carbons (Fsp3) is 0.375. The molecule has 2 amide bonds. The first-order valence-electron chi connectivity index (χ1n) is 7.47. The van der Waals surface area contributed by atoms with Crippen LogP contribution in [0.25, 0.3) is 0 Å². The van der Waals surface area contributed by atoms with Gasteiger partial charge in [-0.1, -0.05) is 12.1 Å². The SMILES string of the molecule is Cc1nc(C)c(C(C)N(C)C(=O)NCc2ccc([N+](=O)[O-])cc2)s1. The van der Waals surface area contributed by atoms with Crippen molar-refractivity contribution in [1.29, 1.82) is 0 Å². The van der Waals surface area contributed by atoms with Crippen LogP contribution in [0.5, 0.6) is 0 Å². The van der Waals surface area contributed by atoms with E-state index in [1.807, 2.05) is 20.8 Å². The minimum absolute atomic E-state index is 0.0341. The van der Waals surface area contributed by atoms with Gasteiger partial charge in [0, 0.05) is 30.6 Å².